The highest BCUT2D eigenvalue weighted by atomic mass is 16.5. The van der Waals surface area contributed by atoms with Gasteiger partial charge >= 0.3 is 0 Å². The summed E-state index contributed by atoms with van der Waals surface area (Å²) in [4.78, 5) is 13.4. The van der Waals surface area contributed by atoms with Gasteiger partial charge in [0.15, 0.2) is 0 Å². The first-order chi connectivity index (χ1) is 6.61. The molecule has 1 heterocycles. The van der Waals surface area contributed by atoms with E-state index in [1.54, 1.807) is 18.9 Å². The quantitative estimate of drug-likeness (QED) is 0.712. The number of hydrogen-bond acceptors (Lipinski definition) is 3. The molecule has 0 radical (unpaired) electrons. The standard InChI is InChI=1S/C10H19NO3/c1-8(12)6-11(2)10(13)9-4-3-5-14-7-9/h8-9,12H,3-7H2,1-2H3. The highest BCUT2D eigenvalue weighted by molar-refractivity contribution is 5.78. The number of nitrogens with zero attached hydrogens (tertiary/aromatic N) is 1. The Kier molecular flexibility index (Phi) is 4.35. The molecule has 1 amide bonds. The van der Waals surface area contributed by atoms with Crippen LogP contribution in [0.4, 0.5) is 0 Å². The Balaban J connectivity index is 2.38. The van der Waals surface area contributed by atoms with Crippen LogP contribution >= 0.6 is 0 Å². The number of ether oxygens (including phenoxy) is 1. The van der Waals surface area contributed by atoms with Gasteiger partial charge in [-0.25, -0.2) is 0 Å². The molecule has 4 nitrogen and oxygen atoms in total. The minimum absolute atomic E-state index is 0.00694. The summed E-state index contributed by atoms with van der Waals surface area (Å²) in [6, 6.07) is 0. The van der Waals surface area contributed by atoms with Crippen molar-refractivity contribution in [2.75, 3.05) is 26.8 Å². The van der Waals surface area contributed by atoms with Gasteiger partial charge in [0.1, 0.15) is 0 Å². The largest absolute Gasteiger partial charge is 0.392 e. The van der Waals surface area contributed by atoms with Crippen molar-refractivity contribution in [2.45, 2.75) is 25.9 Å². The minimum atomic E-state index is -0.464. The lowest BCUT2D eigenvalue weighted by Gasteiger charge is -2.27. The molecule has 0 aromatic heterocycles. The second kappa shape index (κ2) is 5.32. The molecule has 0 aromatic rings. The summed E-state index contributed by atoms with van der Waals surface area (Å²) in [7, 11) is 1.73. The maximum atomic E-state index is 11.8. The van der Waals surface area contributed by atoms with Crippen LogP contribution in [0.3, 0.4) is 0 Å². The van der Waals surface area contributed by atoms with Gasteiger partial charge in [-0.05, 0) is 19.8 Å². The molecule has 0 bridgehead atoms. The number of aliphatic hydroxyl groups excluding tert-OH is 1. The Bertz CT molecular complexity index is 188. The molecule has 0 saturated carbocycles. The predicted octanol–water partition coefficient (Wildman–Crippen LogP) is 0.252. The third-order valence-electron chi connectivity index (χ3n) is 2.42. The lowest BCUT2D eigenvalue weighted by molar-refractivity contribution is -0.139. The second-order valence-corrected chi connectivity index (χ2v) is 3.98. The van der Waals surface area contributed by atoms with Crippen LogP contribution < -0.4 is 0 Å². The van der Waals surface area contributed by atoms with Crippen molar-refractivity contribution in [1.82, 2.24) is 4.90 Å². The van der Waals surface area contributed by atoms with E-state index in [9.17, 15) is 4.79 Å². The molecule has 14 heavy (non-hydrogen) atoms. The van der Waals surface area contributed by atoms with E-state index in [4.69, 9.17) is 9.84 Å². The first-order valence-corrected chi connectivity index (χ1v) is 5.12. The Morgan fingerprint density at radius 2 is 2.43 bits per heavy atom. The molecule has 0 aromatic carbocycles. The number of hydrogen-bond donors (Lipinski definition) is 1. The van der Waals surface area contributed by atoms with Gasteiger partial charge < -0.3 is 14.7 Å². The summed E-state index contributed by atoms with van der Waals surface area (Å²) in [5.74, 6) is 0.0816. The first-order valence-electron chi connectivity index (χ1n) is 5.12. The average Bonchev–Trinajstić information content (AvgIpc) is 2.17. The summed E-state index contributed by atoms with van der Waals surface area (Å²) in [6.07, 6.45) is 1.40. The number of amides is 1. The van der Waals surface area contributed by atoms with E-state index in [0.717, 1.165) is 19.4 Å². The summed E-state index contributed by atoms with van der Waals surface area (Å²) >= 11 is 0. The van der Waals surface area contributed by atoms with Crippen LogP contribution in [-0.2, 0) is 9.53 Å². The Morgan fingerprint density at radius 1 is 1.71 bits per heavy atom. The van der Waals surface area contributed by atoms with Crippen LogP contribution in [0, 0.1) is 5.92 Å². The SMILES string of the molecule is CC(O)CN(C)C(=O)C1CCCOC1. The normalized spacial score (nSPS) is 24.4. The third-order valence-corrected chi connectivity index (χ3v) is 2.42. The molecular formula is C10H19NO3. The highest BCUT2D eigenvalue weighted by Crippen LogP contribution is 2.15. The highest BCUT2D eigenvalue weighted by Gasteiger charge is 2.24. The summed E-state index contributed by atoms with van der Waals surface area (Å²) in [5.41, 5.74) is 0. The fourth-order valence-electron chi connectivity index (χ4n) is 1.73. The molecule has 2 unspecified atom stereocenters. The molecule has 1 aliphatic rings. The fourth-order valence-corrected chi connectivity index (χ4v) is 1.73. The molecule has 82 valence electrons. The molecule has 1 fully saturated rings. The molecule has 0 spiro atoms. The second-order valence-electron chi connectivity index (χ2n) is 3.98. The molecule has 2 atom stereocenters. The van der Waals surface area contributed by atoms with Gasteiger partial charge in [0.05, 0.1) is 18.6 Å². The number of carbonyl (C=O) groups is 1. The van der Waals surface area contributed by atoms with Gasteiger partial charge in [0, 0.05) is 20.2 Å². The third kappa shape index (κ3) is 3.27. The van der Waals surface area contributed by atoms with Crippen molar-refractivity contribution in [2.24, 2.45) is 5.92 Å². The smallest absolute Gasteiger partial charge is 0.227 e. The Hall–Kier alpha value is -0.610. The lowest BCUT2D eigenvalue weighted by atomic mass is 10.0. The monoisotopic (exact) mass is 201 g/mol. The van der Waals surface area contributed by atoms with Gasteiger partial charge in [0.2, 0.25) is 5.91 Å². The van der Waals surface area contributed by atoms with Crippen LogP contribution in [0.15, 0.2) is 0 Å². The van der Waals surface area contributed by atoms with Gasteiger partial charge in [-0.15, -0.1) is 0 Å². The first kappa shape index (κ1) is 11.5. The zero-order valence-corrected chi connectivity index (χ0v) is 8.90. The van der Waals surface area contributed by atoms with E-state index < -0.39 is 6.10 Å². The van der Waals surface area contributed by atoms with Crippen LogP contribution in [0.25, 0.3) is 0 Å². The predicted molar refractivity (Wildman–Crippen MR) is 52.9 cm³/mol. The molecular weight excluding hydrogens is 182 g/mol. The fraction of sp³-hybridized carbons (Fsp3) is 0.900. The van der Waals surface area contributed by atoms with Gasteiger partial charge in [-0.1, -0.05) is 0 Å². The van der Waals surface area contributed by atoms with Gasteiger partial charge in [-0.2, -0.15) is 0 Å². The van der Waals surface area contributed by atoms with E-state index >= 15 is 0 Å². The van der Waals surface area contributed by atoms with Crippen LogP contribution in [0.1, 0.15) is 19.8 Å². The van der Waals surface area contributed by atoms with Crippen molar-refractivity contribution >= 4 is 5.91 Å². The Morgan fingerprint density at radius 3 is 2.93 bits per heavy atom. The van der Waals surface area contributed by atoms with Crippen molar-refractivity contribution < 1.29 is 14.6 Å². The number of rotatable bonds is 3. The molecule has 0 aliphatic carbocycles. The van der Waals surface area contributed by atoms with Crippen molar-refractivity contribution in [3.05, 3.63) is 0 Å². The van der Waals surface area contributed by atoms with Gasteiger partial charge in [0.25, 0.3) is 0 Å². The van der Waals surface area contributed by atoms with Crippen molar-refractivity contribution in [3.8, 4) is 0 Å². The molecule has 1 saturated heterocycles. The molecule has 1 rings (SSSR count). The van der Waals surface area contributed by atoms with Gasteiger partial charge in [-0.3, -0.25) is 4.79 Å². The lowest BCUT2D eigenvalue weighted by Crippen LogP contribution is -2.40. The summed E-state index contributed by atoms with van der Waals surface area (Å²) < 4.78 is 5.25. The summed E-state index contributed by atoms with van der Waals surface area (Å²) in [6.45, 7) is 3.38. The van der Waals surface area contributed by atoms with Crippen LogP contribution in [0.5, 0.6) is 0 Å². The molecule has 4 heteroatoms. The van der Waals surface area contributed by atoms with E-state index in [1.807, 2.05) is 0 Å². The van der Waals surface area contributed by atoms with Crippen molar-refractivity contribution in [1.29, 1.82) is 0 Å². The maximum Gasteiger partial charge on any atom is 0.227 e. The number of aliphatic hydroxyl groups is 1. The van der Waals surface area contributed by atoms with E-state index in [2.05, 4.69) is 0 Å². The van der Waals surface area contributed by atoms with E-state index in [1.165, 1.54) is 0 Å². The maximum absolute atomic E-state index is 11.8. The number of likely N-dealkylation sites (N-methyl/N-ethyl adjacent to an activating group) is 1. The minimum Gasteiger partial charge on any atom is -0.392 e. The van der Waals surface area contributed by atoms with Crippen molar-refractivity contribution in [3.63, 3.8) is 0 Å². The Labute approximate surface area is 84.8 Å². The van der Waals surface area contributed by atoms with E-state index in [0.29, 0.717) is 13.2 Å². The average molecular weight is 201 g/mol. The van der Waals surface area contributed by atoms with E-state index in [-0.39, 0.29) is 11.8 Å². The summed E-state index contributed by atoms with van der Waals surface area (Å²) in [5, 5.41) is 9.14. The zero-order chi connectivity index (χ0) is 10.6. The number of carbonyl (C=O) groups excluding carboxylic acids is 1. The van der Waals surface area contributed by atoms with Crippen LogP contribution in [-0.4, -0.2) is 48.8 Å². The molecule has 1 aliphatic heterocycles. The zero-order valence-electron chi connectivity index (χ0n) is 8.90. The van der Waals surface area contributed by atoms with Crippen LogP contribution in [0.2, 0.25) is 0 Å². The molecule has 1 N–H and O–H groups in total. The topological polar surface area (TPSA) is 49.8 Å².